The first kappa shape index (κ1) is 20.0. The number of ether oxygens (including phenoxy) is 1. The van der Waals surface area contributed by atoms with E-state index >= 15 is 0 Å². The molecule has 1 amide bonds. The van der Waals surface area contributed by atoms with E-state index in [0.717, 1.165) is 21.8 Å². The molecule has 0 atom stereocenters. The van der Waals surface area contributed by atoms with E-state index in [2.05, 4.69) is 22.4 Å². The van der Waals surface area contributed by atoms with Crippen molar-refractivity contribution in [1.82, 2.24) is 20.1 Å². The number of methoxy groups -OCH3 is 1. The maximum atomic E-state index is 12.5. The van der Waals surface area contributed by atoms with Gasteiger partial charge in [-0.2, -0.15) is 5.10 Å². The average Bonchev–Trinajstić information content (AvgIpc) is 3.41. The first-order valence-electron chi connectivity index (χ1n) is 9.60. The highest BCUT2D eigenvalue weighted by atomic mass is 32.1. The number of hydrogen-bond acceptors (Lipinski definition) is 5. The van der Waals surface area contributed by atoms with Crippen molar-refractivity contribution in [2.45, 2.75) is 19.7 Å². The van der Waals surface area contributed by atoms with Crippen LogP contribution in [0.15, 0.2) is 72.2 Å². The molecule has 2 aromatic carbocycles. The largest absolute Gasteiger partial charge is 0.378 e. The Morgan fingerprint density at radius 1 is 1.10 bits per heavy atom. The van der Waals surface area contributed by atoms with Crippen molar-refractivity contribution < 1.29 is 9.53 Å². The van der Waals surface area contributed by atoms with Crippen LogP contribution in [0.3, 0.4) is 0 Å². The molecule has 7 heteroatoms. The smallest absolute Gasteiger partial charge is 0.271 e. The molecule has 0 spiro atoms. The van der Waals surface area contributed by atoms with E-state index in [1.54, 1.807) is 12.5 Å². The lowest BCUT2D eigenvalue weighted by atomic mass is 10.1. The minimum atomic E-state index is -0.205. The van der Waals surface area contributed by atoms with Crippen LogP contribution in [-0.4, -0.2) is 27.8 Å². The van der Waals surface area contributed by atoms with Gasteiger partial charge in [0.25, 0.3) is 5.91 Å². The number of carbonyl (C=O) groups is 1. The van der Waals surface area contributed by atoms with Gasteiger partial charge in [-0.1, -0.05) is 60.7 Å². The van der Waals surface area contributed by atoms with Gasteiger partial charge in [0.05, 0.1) is 18.8 Å². The molecule has 2 aromatic heterocycles. The SMILES string of the molecule is COCc1nc(C(=O)NCc2cn(Cc3ccccc3)nc2-c2ccccc2)cs1. The predicted molar refractivity (Wildman–Crippen MR) is 117 cm³/mol. The second-order valence-corrected chi connectivity index (χ2v) is 7.74. The normalized spacial score (nSPS) is 10.8. The molecule has 4 rings (SSSR count). The van der Waals surface area contributed by atoms with Crippen LogP contribution < -0.4 is 5.32 Å². The van der Waals surface area contributed by atoms with Gasteiger partial charge in [0.2, 0.25) is 0 Å². The molecule has 2 heterocycles. The van der Waals surface area contributed by atoms with Crippen LogP contribution in [0.25, 0.3) is 11.3 Å². The summed E-state index contributed by atoms with van der Waals surface area (Å²) in [6.07, 6.45) is 1.99. The Morgan fingerprint density at radius 3 is 2.57 bits per heavy atom. The van der Waals surface area contributed by atoms with Crippen LogP contribution in [0.2, 0.25) is 0 Å². The number of amides is 1. The summed E-state index contributed by atoms with van der Waals surface area (Å²) in [6, 6.07) is 20.2. The summed E-state index contributed by atoms with van der Waals surface area (Å²) in [5.41, 5.74) is 4.42. The van der Waals surface area contributed by atoms with Crippen LogP contribution >= 0.6 is 11.3 Å². The van der Waals surface area contributed by atoms with Crippen LogP contribution in [0.5, 0.6) is 0 Å². The Labute approximate surface area is 179 Å². The second-order valence-electron chi connectivity index (χ2n) is 6.79. The highest BCUT2D eigenvalue weighted by Crippen LogP contribution is 2.22. The van der Waals surface area contributed by atoms with Gasteiger partial charge in [-0.05, 0) is 5.56 Å². The highest BCUT2D eigenvalue weighted by molar-refractivity contribution is 7.09. The summed E-state index contributed by atoms with van der Waals surface area (Å²) in [4.78, 5) is 16.9. The summed E-state index contributed by atoms with van der Waals surface area (Å²) in [6.45, 7) is 1.44. The third-order valence-electron chi connectivity index (χ3n) is 4.56. The van der Waals surface area contributed by atoms with E-state index in [1.165, 1.54) is 16.9 Å². The van der Waals surface area contributed by atoms with Gasteiger partial charge >= 0.3 is 0 Å². The summed E-state index contributed by atoms with van der Waals surface area (Å²) in [5, 5.41) is 10.3. The van der Waals surface area contributed by atoms with Gasteiger partial charge in [-0.25, -0.2) is 4.98 Å². The number of thiazole rings is 1. The Balaban J connectivity index is 1.53. The Morgan fingerprint density at radius 2 is 1.83 bits per heavy atom. The Kier molecular flexibility index (Phi) is 6.32. The molecule has 0 saturated heterocycles. The van der Waals surface area contributed by atoms with Crippen molar-refractivity contribution in [2.75, 3.05) is 7.11 Å². The van der Waals surface area contributed by atoms with Crippen molar-refractivity contribution in [3.05, 3.63) is 94.1 Å². The monoisotopic (exact) mass is 418 g/mol. The summed E-state index contributed by atoms with van der Waals surface area (Å²) >= 11 is 1.42. The number of carbonyl (C=O) groups excluding carboxylic acids is 1. The quantitative estimate of drug-likeness (QED) is 0.467. The Hall–Kier alpha value is -3.29. The van der Waals surface area contributed by atoms with Crippen molar-refractivity contribution in [3.8, 4) is 11.3 Å². The molecule has 0 radical (unpaired) electrons. The molecule has 0 fully saturated rings. The van der Waals surface area contributed by atoms with Crippen LogP contribution in [0, 0.1) is 0 Å². The maximum Gasteiger partial charge on any atom is 0.271 e. The number of nitrogens with zero attached hydrogens (tertiary/aromatic N) is 3. The third kappa shape index (κ3) is 4.82. The molecule has 0 unspecified atom stereocenters. The van der Waals surface area contributed by atoms with Gasteiger partial charge in [0, 0.05) is 36.4 Å². The third-order valence-corrected chi connectivity index (χ3v) is 5.39. The molecule has 0 aliphatic heterocycles. The fourth-order valence-electron chi connectivity index (χ4n) is 3.15. The van der Waals surface area contributed by atoms with Gasteiger partial charge in [0.1, 0.15) is 10.7 Å². The summed E-state index contributed by atoms with van der Waals surface area (Å²) < 4.78 is 6.99. The van der Waals surface area contributed by atoms with Crippen LogP contribution in [-0.2, 0) is 24.4 Å². The van der Waals surface area contributed by atoms with Gasteiger partial charge < -0.3 is 10.1 Å². The van der Waals surface area contributed by atoms with E-state index < -0.39 is 0 Å². The van der Waals surface area contributed by atoms with E-state index in [-0.39, 0.29) is 5.91 Å². The van der Waals surface area contributed by atoms with Crippen LogP contribution in [0.1, 0.15) is 26.6 Å². The highest BCUT2D eigenvalue weighted by Gasteiger charge is 2.15. The molecule has 0 aliphatic carbocycles. The van der Waals surface area contributed by atoms with Crippen molar-refractivity contribution in [2.24, 2.45) is 0 Å². The molecule has 1 N–H and O–H groups in total. The van der Waals surface area contributed by atoms with Crippen molar-refractivity contribution in [3.63, 3.8) is 0 Å². The predicted octanol–water partition coefficient (Wildman–Crippen LogP) is 4.13. The molecule has 0 bridgehead atoms. The van der Waals surface area contributed by atoms with Gasteiger partial charge in [0.15, 0.2) is 0 Å². The van der Waals surface area contributed by atoms with Crippen molar-refractivity contribution in [1.29, 1.82) is 0 Å². The van der Waals surface area contributed by atoms with Gasteiger partial charge in [-0.3, -0.25) is 9.48 Å². The minimum Gasteiger partial charge on any atom is -0.378 e. The lowest BCUT2D eigenvalue weighted by Gasteiger charge is -2.04. The number of benzene rings is 2. The lowest BCUT2D eigenvalue weighted by molar-refractivity contribution is 0.0946. The first-order chi connectivity index (χ1) is 14.7. The molecule has 4 aromatic rings. The lowest BCUT2D eigenvalue weighted by Crippen LogP contribution is -2.23. The zero-order chi connectivity index (χ0) is 20.8. The zero-order valence-corrected chi connectivity index (χ0v) is 17.4. The number of hydrogen-bond donors (Lipinski definition) is 1. The average molecular weight is 419 g/mol. The molecule has 0 saturated carbocycles. The summed E-state index contributed by atoms with van der Waals surface area (Å²) in [5.74, 6) is -0.205. The second kappa shape index (κ2) is 9.47. The van der Waals surface area contributed by atoms with E-state index in [9.17, 15) is 4.79 Å². The molecule has 152 valence electrons. The number of nitrogens with one attached hydrogen (secondary N) is 1. The zero-order valence-electron chi connectivity index (χ0n) is 16.6. The molecule has 30 heavy (non-hydrogen) atoms. The van der Waals surface area contributed by atoms with Crippen molar-refractivity contribution >= 4 is 17.2 Å². The minimum absolute atomic E-state index is 0.205. The van der Waals surface area contributed by atoms with E-state index in [0.29, 0.717) is 25.4 Å². The topological polar surface area (TPSA) is 69.0 Å². The van der Waals surface area contributed by atoms with E-state index in [1.807, 2.05) is 59.4 Å². The number of rotatable bonds is 8. The fourth-order valence-corrected chi connectivity index (χ4v) is 3.90. The standard InChI is InChI=1S/C23H22N4O2S/c1-29-15-21-25-20(16-30-21)23(28)24-12-19-14-27(13-17-8-4-2-5-9-17)26-22(19)18-10-6-3-7-11-18/h2-11,14,16H,12-13,15H2,1H3,(H,24,28). The van der Waals surface area contributed by atoms with E-state index in [4.69, 9.17) is 9.84 Å². The molecule has 0 aliphatic rings. The van der Waals surface area contributed by atoms with Crippen LogP contribution in [0.4, 0.5) is 0 Å². The molecular formula is C23H22N4O2S. The Bertz CT molecular complexity index is 1110. The molecular weight excluding hydrogens is 396 g/mol. The summed E-state index contributed by atoms with van der Waals surface area (Å²) in [7, 11) is 1.61. The maximum absolute atomic E-state index is 12.5. The molecule has 6 nitrogen and oxygen atoms in total. The fraction of sp³-hybridized carbons (Fsp3) is 0.174. The first-order valence-corrected chi connectivity index (χ1v) is 10.5. The number of aromatic nitrogens is 3. The van der Waals surface area contributed by atoms with Gasteiger partial charge in [-0.15, -0.1) is 11.3 Å².